The SMILES string of the molecule is CCCNC(=O)Cn1cccc1C(C)NCCC. The molecule has 0 aliphatic rings. The maximum atomic E-state index is 11.7. The van der Waals surface area contributed by atoms with Crippen molar-refractivity contribution in [3.8, 4) is 0 Å². The summed E-state index contributed by atoms with van der Waals surface area (Å²) in [5.74, 6) is 0.0805. The summed E-state index contributed by atoms with van der Waals surface area (Å²) in [6.45, 7) is 8.48. The predicted octanol–water partition coefficient (Wildman–Crippen LogP) is 2.07. The molecule has 4 heteroatoms. The van der Waals surface area contributed by atoms with E-state index in [1.54, 1.807) is 0 Å². The fourth-order valence-corrected chi connectivity index (χ4v) is 1.90. The summed E-state index contributed by atoms with van der Waals surface area (Å²) in [7, 11) is 0. The fourth-order valence-electron chi connectivity index (χ4n) is 1.90. The normalized spacial score (nSPS) is 12.4. The van der Waals surface area contributed by atoms with Crippen LogP contribution < -0.4 is 10.6 Å². The molecular formula is C14H25N3O. The number of nitrogens with zero attached hydrogens (tertiary/aromatic N) is 1. The van der Waals surface area contributed by atoms with E-state index in [0.29, 0.717) is 6.54 Å². The van der Waals surface area contributed by atoms with Gasteiger partial charge in [0.05, 0.1) is 0 Å². The molecule has 0 bridgehead atoms. The maximum Gasteiger partial charge on any atom is 0.239 e. The molecule has 1 rings (SSSR count). The van der Waals surface area contributed by atoms with Gasteiger partial charge in [-0.2, -0.15) is 0 Å². The molecule has 1 aromatic heterocycles. The molecule has 1 amide bonds. The Kier molecular flexibility index (Phi) is 6.50. The molecule has 0 saturated carbocycles. The van der Waals surface area contributed by atoms with Gasteiger partial charge in [-0.1, -0.05) is 13.8 Å². The Balaban J connectivity index is 2.56. The van der Waals surface area contributed by atoms with Crippen LogP contribution in [0.2, 0.25) is 0 Å². The molecule has 18 heavy (non-hydrogen) atoms. The molecular weight excluding hydrogens is 226 g/mol. The Morgan fingerprint density at radius 1 is 1.33 bits per heavy atom. The number of hydrogen-bond donors (Lipinski definition) is 2. The van der Waals surface area contributed by atoms with Crippen LogP contribution in [0.4, 0.5) is 0 Å². The van der Waals surface area contributed by atoms with Gasteiger partial charge in [-0.3, -0.25) is 4.79 Å². The lowest BCUT2D eigenvalue weighted by molar-refractivity contribution is -0.121. The molecule has 0 saturated heterocycles. The topological polar surface area (TPSA) is 46.1 Å². The van der Waals surface area contributed by atoms with Gasteiger partial charge in [-0.05, 0) is 38.4 Å². The third-order valence-electron chi connectivity index (χ3n) is 2.89. The number of amides is 1. The van der Waals surface area contributed by atoms with Crippen molar-refractivity contribution >= 4 is 5.91 Å². The Labute approximate surface area is 110 Å². The second-order valence-corrected chi connectivity index (χ2v) is 4.59. The van der Waals surface area contributed by atoms with Crippen LogP contribution in [-0.2, 0) is 11.3 Å². The highest BCUT2D eigenvalue weighted by atomic mass is 16.1. The summed E-state index contributed by atoms with van der Waals surface area (Å²) in [4.78, 5) is 11.7. The van der Waals surface area contributed by atoms with Crippen LogP contribution in [0, 0.1) is 0 Å². The van der Waals surface area contributed by atoms with Gasteiger partial charge in [0.15, 0.2) is 0 Å². The van der Waals surface area contributed by atoms with Crippen LogP contribution in [0.15, 0.2) is 18.3 Å². The van der Waals surface area contributed by atoms with Gasteiger partial charge < -0.3 is 15.2 Å². The van der Waals surface area contributed by atoms with Crippen LogP contribution in [0.3, 0.4) is 0 Å². The third-order valence-corrected chi connectivity index (χ3v) is 2.89. The Bertz CT molecular complexity index is 360. The van der Waals surface area contributed by atoms with Crippen molar-refractivity contribution < 1.29 is 4.79 Å². The van der Waals surface area contributed by atoms with Crippen molar-refractivity contribution in [2.45, 2.75) is 46.2 Å². The summed E-state index contributed by atoms with van der Waals surface area (Å²) in [5.41, 5.74) is 1.16. The molecule has 1 aromatic rings. The fraction of sp³-hybridized carbons (Fsp3) is 0.643. The van der Waals surface area contributed by atoms with E-state index in [1.807, 2.05) is 16.8 Å². The number of nitrogens with one attached hydrogen (secondary N) is 2. The first-order chi connectivity index (χ1) is 8.69. The highest BCUT2D eigenvalue weighted by molar-refractivity contribution is 5.75. The highest BCUT2D eigenvalue weighted by Crippen LogP contribution is 2.13. The zero-order valence-electron chi connectivity index (χ0n) is 11.7. The van der Waals surface area contributed by atoms with E-state index in [0.717, 1.165) is 31.6 Å². The Hall–Kier alpha value is -1.29. The highest BCUT2D eigenvalue weighted by Gasteiger charge is 2.11. The average Bonchev–Trinajstić information content (AvgIpc) is 2.81. The summed E-state index contributed by atoms with van der Waals surface area (Å²) >= 11 is 0. The predicted molar refractivity (Wildman–Crippen MR) is 74.4 cm³/mol. The van der Waals surface area contributed by atoms with Crippen molar-refractivity contribution in [3.63, 3.8) is 0 Å². The lowest BCUT2D eigenvalue weighted by Gasteiger charge is -2.16. The van der Waals surface area contributed by atoms with E-state index < -0.39 is 0 Å². The maximum absolute atomic E-state index is 11.7. The number of carbonyl (C=O) groups is 1. The van der Waals surface area contributed by atoms with Crippen molar-refractivity contribution in [2.24, 2.45) is 0 Å². The summed E-state index contributed by atoms with van der Waals surface area (Å²) in [5, 5.41) is 6.34. The van der Waals surface area contributed by atoms with Crippen molar-refractivity contribution in [1.82, 2.24) is 15.2 Å². The molecule has 0 aliphatic carbocycles. The molecule has 4 nitrogen and oxygen atoms in total. The van der Waals surface area contributed by atoms with Crippen LogP contribution in [0.5, 0.6) is 0 Å². The number of carbonyl (C=O) groups excluding carboxylic acids is 1. The van der Waals surface area contributed by atoms with Gasteiger partial charge in [0.1, 0.15) is 6.54 Å². The van der Waals surface area contributed by atoms with Crippen molar-refractivity contribution in [3.05, 3.63) is 24.0 Å². The Morgan fingerprint density at radius 2 is 2.06 bits per heavy atom. The largest absolute Gasteiger partial charge is 0.355 e. The molecule has 0 radical (unpaired) electrons. The molecule has 2 N–H and O–H groups in total. The summed E-state index contributed by atoms with van der Waals surface area (Å²) in [6.07, 6.45) is 4.05. The minimum absolute atomic E-state index is 0.0805. The van der Waals surface area contributed by atoms with E-state index in [2.05, 4.69) is 37.5 Å². The van der Waals surface area contributed by atoms with E-state index in [-0.39, 0.29) is 11.9 Å². The van der Waals surface area contributed by atoms with Crippen LogP contribution in [-0.4, -0.2) is 23.6 Å². The lowest BCUT2D eigenvalue weighted by atomic mass is 10.2. The zero-order chi connectivity index (χ0) is 13.4. The molecule has 1 unspecified atom stereocenters. The van der Waals surface area contributed by atoms with E-state index in [1.165, 1.54) is 0 Å². The number of aromatic nitrogens is 1. The smallest absolute Gasteiger partial charge is 0.239 e. The monoisotopic (exact) mass is 251 g/mol. The van der Waals surface area contributed by atoms with Gasteiger partial charge in [-0.15, -0.1) is 0 Å². The van der Waals surface area contributed by atoms with Gasteiger partial charge in [0.2, 0.25) is 5.91 Å². The molecule has 0 aromatic carbocycles. The number of hydrogen-bond acceptors (Lipinski definition) is 2. The van der Waals surface area contributed by atoms with Gasteiger partial charge in [0.25, 0.3) is 0 Å². The standard InChI is InChI=1S/C14H25N3O/c1-4-8-15-12(3)13-7-6-10-17(13)11-14(18)16-9-5-2/h6-7,10,12,15H,4-5,8-9,11H2,1-3H3,(H,16,18). The van der Waals surface area contributed by atoms with Crippen molar-refractivity contribution in [1.29, 1.82) is 0 Å². The van der Waals surface area contributed by atoms with Gasteiger partial charge in [-0.25, -0.2) is 0 Å². The van der Waals surface area contributed by atoms with Crippen molar-refractivity contribution in [2.75, 3.05) is 13.1 Å². The zero-order valence-corrected chi connectivity index (χ0v) is 11.7. The minimum Gasteiger partial charge on any atom is -0.355 e. The van der Waals surface area contributed by atoms with Crippen LogP contribution >= 0.6 is 0 Å². The van der Waals surface area contributed by atoms with E-state index in [9.17, 15) is 4.79 Å². The summed E-state index contributed by atoms with van der Waals surface area (Å²) in [6, 6.07) is 4.34. The van der Waals surface area contributed by atoms with Crippen LogP contribution in [0.25, 0.3) is 0 Å². The first-order valence-electron chi connectivity index (χ1n) is 6.84. The third kappa shape index (κ3) is 4.53. The molecule has 102 valence electrons. The first kappa shape index (κ1) is 14.8. The van der Waals surface area contributed by atoms with Gasteiger partial charge in [0, 0.05) is 24.5 Å². The molecule has 0 spiro atoms. The van der Waals surface area contributed by atoms with E-state index >= 15 is 0 Å². The second-order valence-electron chi connectivity index (χ2n) is 4.59. The number of rotatable bonds is 8. The molecule has 0 fully saturated rings. The summed E-state index contributed by atoms with van der Waals surface area (Å²) < 4.78 is 2.01. The first-order valence-corrected chi connectivity index (χ1v) is 6.84. The van der Waals surface area contributed by atoms with Crippen LogP contribution in [0.1, 0.15) is 45.3 Å². The van der Waals surface area contributed by atoms with E-state index in [4.69, 9.17) is 0 Å². The molecule has 0 aliphatic heterocycles. The lowest BCUT2D eigenvalue weighted by Crippen LogP contribution is -2.30. The van der Waals surface area contributed by atoms with Gasteiger partial charge >= 0.3 is 0 Å². The second kappa shape index (κ2) is 7.93. The minimum atomic E-state index is 0.0805. The average molecular weight is 251 g/mol. The molecule has 1 atom stereocenters. The quantitative estimate of drug-likeness (QED) is 0.743. The Morgan fingerprint density at radius 3 is 2.72 bits per heavy atom. The molecule has 1 heterocycles.